The third-order valence-electron chi connectivity index (χ3n) is 2.51. The number of hydrogen-bond acceptors (Lipinski definition) is 3. The van der Waals surface area contributed by atoms with Gasteiger partial charge in [0.2, 0.25) is 0 Å². The Labute approximate surface area is 115 Å². The minimum atomic E-state index is 0.00688. The molecule has 0 spiro atoms. The molecule has 96 valence electrons. The molecular weight excluding hydrogens is 300 g/mol. The van der Waals surface area contributed by atoms with Gasteiger partial charge in [0, 0.05) is 17.1 Å². The van der Waals surface area contributed by atoms with Crippen molar-refractivity contribution in [2.24, 2.45) is 5.92 Å². The van der Waals surface area contributed by atoms with Crippen LogP contribution in [-0.2, 0) is 0 Å². The number of rotatable bonds is 5. The summed E-state index contributed by atoms with van der Waals surface area (Å²) in [5.74, 6) is 0.424. The molecular formula is C12H19BrN2OS. The van der Waals surface area contributed by atoms with Gasteiger partial charge in [-0.25, -0.2) is 0 Å². The summed E-state index contributed by atoms with van der Waals surface area (Å²) >= 11 is 4.84. The summed E-state index contributed by atoms with van der Waals surface area (Å²) in [4.78, 5) is 14.9. The maximum atomic E-state index is 12.1. The van der Waals surface area contributed by atoms with Crippen molar-refractivity contribution in [3.8, 4) is 0 Å². The van der Waals surface area contributed by atoms with Gasteiger partial charge in [0.25, 0.3) is 5.91 Å². The van der Waals surface area contributed by atoms with Gasteiger partial charge in [-0.2, -0.15) is 0 Å². The highest BCUT2D eigenvalue weighted by Crippen LogP contribution is 2.22. The largest absolute Gasteiger partial charge is 0.347 e. The van der Waals surface area contributed by atoms with E-state index in [9.17, 15) is 4.79 Å². The first kappa shape index (κ1) is 14.7. The monoisotopic (exact) mass is 318 g/mol. The van der Waals surface area contributed by atoms with Gasteiger partial charge >= 0.3 is 0 Å². The SMILES string of the molecule is CC(C)C(CN(C)C)NC(=O)c1sccc1Br. The molecule has 0 radical (unpaired) electrons. The van der Waals surface area contributed by atoms with Crippen molar-refractivity contribution in [2.75, 3.05) is 20.6 Å². The third kappa shape index (κ3) is 4.41. The molecule has 1 unspecified atom stereocenters. The fraction of sp³-hybridized carbons (Fsp3) is 0.583. The van der Waals surface area contributed by atoms with Crippen LogP contribution in [0.4, 0.5) is 0 Å². The number of hydrogen-bond donors (Lipinski definition) is 1. The van der Waals surface area contributed by atoms with E-state index < -0.39 is 0 Å². The van der Waals surface area contributed by atoms with Crippen molar-refractivity contribution in [3.05, 3.63) is 20.8 Å². The van der Waals surface area contributed by atoms with Crippen molar-refractivity contribution >= 4 is 33.2 Å². The summed E-state index contributed by atoms with van der Waals surface area (Å²) in [5, 5.41) is 5.00. The number of likely N-dealkylation sites (N-methyl/N-ethyl adjacent to an activating group) is 1. The van der Waals surface area contributed by atoms with E-state index in [1.54, 1.807) is 0 Å². The molecule has 0 bridgehead atoms. The quantitative estimate of drug-likeness (QED) is 0.905. The predicted octanol–water partition coefficient (Wildman–Crippen LogP) is 2.83. The van der Waals surface area contributed by atoms with Crippen LogP contribution in [-0.4, -0.2) is 37.5 Å². The zero-order valence-corrected chi connectivity index (χ0v) is 13.1. The molecule has 0 saturated heterocycles. The second kappa shape index (κ2) is 6.52. The normalized spacial score (nSPS) is 13.1. The van der Waals surface area contributed by atoms with Gasteiger partial charge < -0.3 is 10.2 Å². The molecule has 1 rings (SSSR count). The fourth-order valence-corrected chi connectivity index (χ4v) is 2.96. The lowest BCUT2D eigenvalue weighted by molar-refractivity contribution is 0.0920. The number of carbonyl (C=O) groups excluding carboxylic acids is 1. The molecule has 3 nitrogen and oxygen atoms in total. The van der Waals surface area contributed by atoms with Gasteiger partial charge in [-0.3, -0.25) is 4.79 Å². The molecule has 0 aliphatic rings. The topological polar surface area (TPSA) is 32.3 Å². The lowest BCUT2D eigenvalue weighted by atomic mass is 10.0. The van der Waals surface area contributed by atoms with E-state index in [0.29, 0.717) is 5.92 Å². The highest BCUT2D eigenvalue weighted by molar-refractivity contribution is 9.10. The predicted molar refractivity (Wildman–Crippen MR) is 76.7 cm³/mol. The summed E-state index contributed by atoms with van der Waals surface area (Å²) in [5.41, 5.74) is 0. The van der Waals surface area contributed by atoms with Crippen LogP contribution in [0.15, 0.2) is 15.9 Å². The molecule has 0 saturated carbocycles. The minimum absolute atomic E-state index is 0.00688. The summed E-state index contributed by atoms with van der Waals surface area (Å²) < 4.78 is 0.868. The maximum Gasteiger partial charge on any atom is 0.262 e. The summed E-state index contributed by atoms with van der Waals surface area (Å²) in [6.07, 6.45) is 0. The average molecular weight is 319 g/mol. The highest BCUT2D eigenvalue weighted by atomic mass is 79.9. The van der Waals surface area contributed by atoms with Crippen LogP contribution >= 0.6 is 27.3 Å². The number of carbonyl (C=O) groups is 1. The molecule has 17 heavy (non-hydrogen) atoms. The van der Waals surface area contributed by atoms with E-state index in [4.69, 9.17) is 0 Å². The number of thiophene rings is 1. The standard InChI is InChI=1S/C12H19BrN2OS/c1-8(2)10(7-15(3)4)14-12(16)11-9(13)5-6-17-11/h5-6,8,10H,7H2,1-4H3,(H,14,16). The van der Waals surface area contributed by atoms with E-state index in [2.05, 4.69) is 40.0 Å². The second-order valence-electron chi connectivity index (χ2n) is 4.68. The van der Waals surface area contributed by atoms with Crippen molar-refractivity contribution in [1.82, 2.24) is 10.2 Å². The molecule has 0 aliphatic heterocycles. The third-order valence-corrected chi connectivity index (χ3v) is 4.34. The Balaban J connectivity index is 2.68. The zero-order chi connectivity index (χ0) is 13.0. The minimum Gasteiger partial charge on any atom is -0.347 e. The van der Waals surface area contributed by atoms with Gasteiger partial charge in [0.05, 0.1) is 0 Å². The summed E-state index contributed by atoms with van der Waals surface area (Å²) in [6.45, 7) is 5.10. The Kier molecular flexibility index (Phi) is 5.62. The maximum absolute atomic E-state index is 12.1. The average Bonchev–Trinajstić information content (AvgIpc) is 2.62. The van der Waals surface area contributed by atoms with Gasteiger partial charge in [0.1, 0.15) is 4.88 Å². The van der Waals surface area contributed by atoms with Crippen molar-refractivity contribution < 1.29 is 4.79 Å². The van der Waals surface area contributed by atoms with Crippen LogP contribution in [0.3, 0.4) is 0 Å². The molecule has 5 heteroatoms. The van der Waals surface area contributed by atoms with Gasteiger partial charge in [0.15, 0.2) is 0 Å². The second-order valence-corrected chi connectivity index (χ2v) is 6.45. The molecule has 1 heterocycles. The Hall–Kier alpha value is -0.390. The van der Waals surface area contributed by atoms with Crippen LogP contribution in [0.2, 0.25) is 0 Å². The Bertz CT molecular complexity index is 376. The van der Waals surface area contributed by atoms with Crippen molar-refractivity contribution in [2.45, 2.75) is 19.9 Å². The van der Waals surface area contributed by atoms with Crippen molar-refractivity contribution in [3.63, 3.8) is 0 Å². The van der Waals surface area contributed by atoms with Crippen molar-refractivity contribution in [1.29, 1.82) is 0 Å². The van der Waals surface area contributed by atoms with E-state index in [-0.39, 0.29) is 11.9 Å². The van der Waals surface area contributed by atoms with Crippen LogP contribution < -0.4 is 5.32 Å². The van der Waals surface area contributed by atoms with Crippen LogP contribution in [0.25, 0.3) is 0 Å². The molecule has 0 aliphatic carbocycles. The number of nitrogens with zero attached hydrogens (tertiary/aromatic N) is 1. The Morgan fingerprint density at radius 1 is 1.53 bits per heavy atom. The number of amides is 1. The molecule has 1 amide bonds. The van der Waals surface area contributed by atoms with Crippen LogP contribution in [0.1, 0.15) is 23.5 Å². The van der Waals surface area contributed by atoms with E-state index in [1.165, 1.54) is 11.3 Å². The first-order valence-corrected chi connectivity index (χ1v) is 7.27. The smallest absolute Gasteiger partial charge is 0.262 e. The lowest BCUT2D eigenvalue weighted by Crippen LogP contribution is -2.44. The van der Waals surface area contributed by atoms with Gasteiger partial charge in [-0.15, -0.1) is 11.3 Å². The first-order valence-electron chi connectivity index (χ1n) is 5.60. The number of nitrogens with one attached hydrogen (secondary N) is 1. The summed E-state index contributed by atoms with van der Waals surface area (Å²) in [6, 6.07) is 2.07. The number of halogens is 1. The van der Waals surface area contributed by atoms with Gasteiger partial charge in [-0.05, 0) is 47.4 Å². The lowest BCUT2D eigenvalue weighted by Gasteiger charge is -2.25. The van der Waals surface area contributed by atoms with Gasteiger partial charge in [-0.1, -0.05) is 13.8 Å². The van der Waals surface area contributed by atoms with E-state index >= 15 is 0 Å². The van der Waals surface area contributed by atoms with Crippen LogP contribution in [0.5, 0.6) is 0 Å². The zero-order valence-electron chi connectivity index (χ0n) is 10.7. The van der Waals surface area contributed by atoms with E-state index in [0.717, 1.165) is 15.9 Å². The Morgan fingerprint density at radius 3 is 2.59 bits per heavy atom. The first-order chi connectivity index (χ1) is 7.91. The Morgan fingerprint density at radius 2 is 2.18 bits per heavy atom. The molecule has 1 aromatic rings. The van der Waals surface area contributed by atoms with E-state index in [1.807, 2.05) is 25.5 Å². The molecule has 0 aromatic carbocycles. The highest BCUT2D eigenvalue weighted by Gasteiger charge is 2.19. The molecule has 0 fully saturated rings. The molecule has 1 atom stereocenters. The summed E-state index contributed by atoms with van der Waals surface area (Å²) in [7, 11) is 4.03. The molecule has 1 N–H and O–H groups in total. The fourth-order valence-electron chi connectivity index (χ4n) is 1.51. The van der Waals surface area contributed by atoms with Crippen LogP contribution in [0, 0.1) is 5.92 Å². The molecule has 1 aromatic heterocycles.